The summed E-state index contributed by atoms with van der Waals surface area (Å²) in [7, 11) is 0. The second kappa shape index (κ2) is 5.59. The highest BCUT2D eigenvalue weighted by Crippen LogP contribution is 2.14. The third-order valence-corrected chi connectivity index (χ3v) is 1.62. The summed E-state index contributed by atoms with van der Waals surface area (Å²) in [6.45, 7) is 12.0. The molecule has 0 atom stereocenters. The molecule has 0 spiro atoms. The smallest absolute Gasteiger partial charge is 0.0231 e. The Labute approximate surface area is 76.0 Å². The second-order valence-corrected chi connectivity index (χ2v) is 2.91. The highest BCUT2D eigenvalue weighted by Gasteiger charge is 1.94. The van der Waals surface area contributed by atoms with E-state index in [1.165, 1.54) is 16.7 Å². The lowest BCUT2D eigenvalue weighted by Crippen LogP contribution is -1.82. The Hall–Kier alpha value is -1.04. The summed E-state index contributed by atoms with van der Waals surface area (Å²) < 4.78 is 0. The van der Waals surface area contributed by atoms with Crippen LogP contribution in [-0.4, -0.2) is 0 Å². The van der Waals surface area contributed by atoms with Gasteiger partial charge < -0.3 is 0 Å². The van der Waals surface area contributed by atoms with Crippen LogP contribution in [0, 0.1) is 0 Å². The molecule has 0 saturated carbocycles. The number of allylic oxidation sites excluding steroid dienone is 7. The molecule has 12 heavy (non-hydrogen) atoms. The van der Waals surface area contributed by atoms with Gasteiger partial charge in [0.25, 0.3) is 0 Å². The molecule has 0 unspecified atom stereocenters. The van der Waals surface area contributed by atoms with Crippen molar-refractivity contribution in [2.75, 3.05) is 0 Å². The second-order valence-electron chi connectivity index (χ2n) is 2.91. The fourth-order valence-electron chi connectivity index (χ4n) is 1.05. The van der Waals surface area contributed by atoms with Gasteiger partial charge in [0.2, 0.25) is 0 Å². The summed E-state index contributed by atoms with van der Waals surface area (Å²) in [5, 5.41) is 0. The molecule has 0 aromatic heterocycles. The van der Waals surface area contributed by atoms with E-state index in [0.29, 0.717) is 0 Å². The molecule has 0 aromatic carbocycles. The molecule has 0 nitrogen and oxygen atoms in total. The van der Waals surface area contributed by atoms with Gasteiger partial charge in [-0.05, 0) is 38.8 Å². The minimum Gasteiger partial charge on any atom is -0.0985 e. The van der Waals surface area contributed by atoms with Crippen LogP contribution >= 0.6 is 0 Å². The minimum absolute atomic E-state index is 1.19. The summed E-state index contributed by atoms with van der Waals surface area (Å²) in [5.74, 6) is 0. The van der Waals surface area contributed by atoms with E-state index in [1.54, 1.807) is 0 Å². The van der Waals surface area contributed by atoms with Crippen LogP contribution in [-0.2, 0) is 0 Å². The van der Waals surface area contributed by atoms with E-state index in [0.717, 1.165) is 0 Å². The highest BCUT2D eigenvalue weighted by atomic mass is 14.0. The molecule has 0 fully saturated rings. The summed E-state index contributed by atoms with van der Waals surface area (Å²) in [4.78, 5) is 0. The van der Waals surface area contributed by atoms with Gasteiger partial charge in [-0.15, -0.1) is 0 Å². The molecule has 66 valence electrons. The molecule has 0 rings (SSSR count). The maximum Gasteiger partial charge on any atom is -0.0231 e. The first kappa shape index (κ1) is 11.0. The Morgan fingerprint density at radius 1 is 1.00 bits per heavy atom. The first-order valence-corrected chi connectivity index (χ1v) is 4.26. The third-order valence-electron chi connectivity index (χ3n) is 1.62. The van der Waals surface area contributed by atoms with E-state index in [2.05, 4.69) is 38.7 Å². The van der Waals surface area contributed by atoms with Gasteiger partial charge in [0.1, 0.15) is 0 Å². The Morgan fingerprint density at radius 2 is 1.50 bits per heavy atom. The van der Waals surface area contributed by atoms with E-state index in [1.807, 2.05) is 19.9 Å². The number of rotatable bonds is 3. The summed E-state index contributed by atoms with van der Waals surface area (Å²) >= 11 is 0. The van der Waals surface area contributed by atoms with Crippen LogP contribution in [0.15, 0.2) is 47.6 Å². The van der Waals surface area contributed by atoms with E-state index in [9.17, 15) is 0 Å². The van der Waals surface area contributed by atoms with Crippen LogP contribution in [0.4, 0.5) is 0 Å². The Kier molecular flexibility index (Phi) is 5.11. The molecule has 0 radical (unpaired) electrons. The van der Waals surface area contributed by atoms with Crippen molar-refractivity contribution in [2.45, 2.75) is 27.7 Å². The fourth-order valence-corrected chi connectivity index (χ4v) is 1.05. The quantitative estimate of drug-likeness (QED) is 0.549. The van der Waals surface area contributed by atoms with Gasteiger partial charge >= 0.3 is 0 Å². The summed E-state index contributed by atoms with van der Waals surface area (Å²) in [6, 6.07) is 0. The lowest BCUT2D eigenvalue weighted by molar-refractivity contribution is 1.35. The van der Waals surface area contributed by atoms with Crippen LogP contribution in [0.5, 0.6) is 0 Å². The summed E-state index contributed by atoms with van der Waals surface area (Å²) in [6.07, 6.45) is 8.22. The van der Waals surface area contributed by atoms with Crippen molar-refractivity contribution in [1.82, 2.24) is 0 Å². The van der Waals surface area contributed by atoms with Gasteiger partial charge in [-0.1, -0.05) is 36.5 Å². The average molecular weight is 162 g/mol. The molecule has 0 aliphatic rings. The lowest BCUT2D eigenvalue weighted by Gasteiger charge is -2.02. The largest absolute Gasteiger partial charge is 0.0985 e. The van der Waals surface area contributed by atoms with Crippen molar-refractivity contribution in [2.24, 2.45) is 0 Å². The average Bonchev–Trinajstić information content (AvgIpc) is 2.04. The topological polar surface area (TPSA) is 0 Å². The summed E-state index contributed by atoms with van der Waals surface area (Å²) in [5.41, 5.74) is 3.75. The Morgan fingerprint density at radius 3 is 1.75 bits per heavy atom. The number of hydrogen-bond acceptors (Lipinski definition) is 0. The first-order valence-electron chi connectivity index (χ1n) is 4.26. The normalized spacial score (nSPS) is 12.7. The van der Waals surface area contributed by atoms with E-state index in [-0.39, 0.29) is 0 Å². The van der Waals surface area contributed by atoms with Gasteiger partial charge in [0.15, 0.2) is 0 Å². The zero-order valence-corrected chi connectivity index (χ0v) is 8.52. The molecule has 0 aliphatic carbocycles. The van der Waals surface area contributed by atoms with Gasteiger partial charge in [-0.2, -0.15) is 0 Å². The molecule has 0 heteroatoms. The highest BCUT2D eigenvalue weighted by molar-refractivity contribution is 5.45. The monoisotopic (exact) mass is 162 g/mol. The van der Waals surface area contributed by atoms with Gasteiger partial charge in [-0.25, -0.2) is 0 Å². The van der Waals surface area contributed by atoms with Gasteiger partial charge in [0.05, 0.1) is 0 Å². The predicted molar refractivity (Wildman–Crippen MR) is 57.1 cm³/mol. The Balaban J connectivity index is 4.82. The van der Waals surface area contributed by atoms with E-state index in [4.69, 9.17) is 0 Å². The van der Waals surface area contributed by atoms with Crippen LogP contribution in [0.3, 0.4) is 0 Å². The lowest BCUT2D eigenvalue weighted by atomic mass is 10.0. The van der Waals surface area contributed by atoms with Crippen molar-refractivity contribution < 1.29 is 0 Å². The zero-order chi connectivity index (χ0) is 9.56. The predicted octanol–water partition coefficient (Wildman–Crippen LogP) is 4.03. The van der Waals surface area contributed by atoms with Crippen molar-refractivity contribution in [3.8, 4) is 0 Å². The maximum absolute atomic E-state index is 3.77. The molecular weight excluding hydrogens is 144 g/mol. The van der Waals surface area contributed by atoms with Crippen LogP contribution in [0.2, 0.25) is 0 Å². The third kappa shape index (κ3) is 3.38. The van der Waals surface area contributed by atoms with Crippen molar-refractivity contribution in [3.63, 3.8) is 0 Å². The standard InChI is InChI=1S/C12H18/c1-6-11(7-2)12(8-3)9-10(4)5/h6-9H,1H2,2-5H3/b11-7-,12-8-. The molecule has 0 aromatic rings. The molecule has 0 N–H and O–H groups in total. The molecular formula is C12H18. The van der Waals surface area contributed by atoms with Crippen molar-refractivity contribution in [1.29, 1.82) is 0 Å². The fraction of sp³-hybridized carbons (Fsp3) is 0.333. The minimum atomic E-state index is 1.19. The zero-order valence-electron chi connectivity index (χ0n) is 8.52. The van der Waals surface area contributed by atoms with E-state index >= 15 is 0 Å². The van der Waals surface area contributed by atoms with Crippen LogP contribution in [0.25, 0.3) is 0 Å². The first-order chi connectivity index (χ1) is 5.65. The molecule has 0 saturated heterocycles. The van der Waals surface area contributed by atoms with Gasteiger partial charge in [0, 0.05) is 0 Å². The van der Waals surface area contributed by atoms with Crippen LogP contribution < -0.4 is 0 Å². The van der Waals surface area contributed by atoms with Crippen molar-refractivity contribution in [3.05, 3.63) is 47.6 Å². The molecule has 0 aliphatic heterocycles. The SMILES string of the molecule is C=CC(=C/C)/C(C=C(C)C)=C\C. The van der Waals surface area contributed by atoms with Crippen molar-refractivity contribution >= 4 is 0 Å². The van der Waals surface area contributed by atoms with E-state index < -0.39 is 0 Å². The van der Waals surface area contributed by atoms with Crippen LogP contribution in [0.1, 0.15) is 27.7 Å². The molecule has 0 heterocycles. The molecule has 0 bridgehead atoms. The Bertz CT molecular complexity index is 233. The number of hydrogen-bond donors (Lipinski definition) is 0. The maximum atomic E-state index is 3.77. The van der Waals surface area contributed by atoms with Gasteiger partial charge in [-0.3, -0.25) is 0 Å². The molecule has 0 amide bonds.